The van der Waals surface area contributed by atoms with Crippen molar-refractivity contribution in [3.05, 3.63) is 37.4 Å². The van der Waals surface area contributed by atoms with Crippen molar-refractivity contribution in [1.82, 2.24) is 9.13 Å². The van der Waals surface area contributed by atoms with Crippen LogP contribution in [0.1, 0.15) is 39.5 Å². The van der Waals surface area contributed by atoms with Gasteiger partial charge in [-0.2, -0.15) is 0 Å². The highest BCUT2D eigenvalue weighted by Gasteiger charge is 2.03. The Bertz CT molecular complexity index is 452. The predicted molar refractivity (Wildman–Crippen MR) is 79.1 cm³/mol. The van der Waals surface area contributed by atoms with E-state index in [0.29, 0.717) is 0 Å². The van der Waals surface area contributed by atoms with Gasteiger partial charge in [-0.3, -0.25) is 0 Å². The van der Waals surface area contributed by atoms with E-state index in [1.807, 2.05) is 0 Å². The number of aromatic nitrogens is 4. The maximum absolute atomic E-state index is 2.29. The van der Waals surface area contributed by atoms with Crippen LogP contribution in [-0.4, -0.2) is 9.13 Å². The summed E-state index contributed by atoms with van der Waals surface area (Å²) in [5, 5.41) is 0. The van der Waals surface area contributed by atoms with Crippen molar-refractivity contribution in [2.45, 2.75) is 65.7 Å². The highest BCUT2D eigenvalue weighted by atomic mass is 15.1. The summed E-state index contributed by atoms with van der Waals surface area (Å²) in [5.74, 6) is 0. The molecule has 0 fully saturated rings. The fourth-order valence-corrected chi connectivity index (χ4v) is 2.46. The van der Waals surface area contributed by atoms with Gasteiger partial charge in [-0.05, 0) is 39.5 Å². The van der Waals surface area contributed by atoms with Gasteiger partial charge < -0.3 is 0 Å². The fraction of sp³-hybridized carbons (Fsp3) is 0.625. The van der Waals surface area contributed by atoms with Gasteiger partial charge in [0, 0.05) is 0 Å². The molecule has 0 aliphatic heterocycles. The number of imidazole rings is 2. The second kappa shape index (κ2) is 7.88. The third-order valence-corrected chi connectivity index (χ3v) is 3.81. The smallest absolute Gasteiger partial charge is 0.237 e. The molecule has 2 heterocycles. The summed E-state index contributed by atoms with van der Waals surface area (Å²) in [6.07, 6.45) is 18.2. The van der Waals surface area contributed by atoms with Crippen LogP contribution in [0.4, 0.5) is 0 Å². The second-order valence-corrected chi connectivity index (χ2v) is 5.38. The molecule has 4 nitrogen and oxygen atoms in total. The van der Waals surface area contributed by atoms with Crippen LogP contribution in [0.15, 0.2) is 37.4 Å². The molecule has 0 amide bonds. The number of aryl methyl sites for hydroxylation is 4. The van der Waals surface area contributed by atoms with E-state index >= 15 is 0 Å². The molecule has 2 aromatic heterocycles. The lowest BCUT2D eigenvalue weighted by molar-refractivity contribution is -0.696. The van der Waals surface area contributed by atoms with Gasteiger partial charge in [0.25, 0.3) is 0 Å². The molecule has 0 aromatic carbocycles. The standard InChI is InChI=1S/C16H28N4/c1-3-17-11-13-19(15-17)9-7-5-6-8-10-20-14-12-18(4-2)16-20/h11-16H,3-10H2,1-2H3/q+2. The molecule has 0 bridgehead atoms. The minimum Gasteiger partial charge on any atom is -0.237 e. The summed E-state index contributed by atoms with van der Waals surface area (Å²) >= 11 is 0. The lowest BCUT2D eigenvalue weighted by Crippen LogP contribution is -2.30. The predicted octanol–water partition coefficient (Wildman–Crippen LogP) is 2.17. The van der Waals surface area contributed by atoms with Crippen LogP contribution in [0.2, 0.25) is 0 Å². The molecule has 2 aromatic rings. The molecular weight excluding hydrogens is 248 g/mol. The van der Waals surface area contributed by atoms with E-state index in [1.165, 1.54) is 25.7 Å². The van der Waals surface area contributed by atoms with E-state index in [9.17, 15) is 0 Å². The molecule has 20 heavy (non-hydrogen) atoms. The fourth-order valence-electron chi connectivity index (χ4n) is 2.46. The van der Waals surface area contributed by atoms with Crippen molar-refractivity contribution in [3.63, 3.8) is 0 Å². The highest BCUT2D eigenvalue weighted by molar-refractivity contribution is 4.66. The lowest BCUT2D eigenvalue weighted by Gasteiger charge is -1.99. The van der Waals surface area contributed by atoms with Gasteiger partial charge in [0.2, 0.25) is 12.7 Å². The Kier molecular flexibility index (Phi) is 5.84. The van der Waals surface area contributed by atoms with E-state index in [1.54, 1.807) is 0 Å². The summed E-state index contributed by atoms with van der Waals surface area (Å²) < 4.78 is 9.02. The van der Waals surface area contributed by atoms with Crippen molar-refractivity contribution in [1.29, 1.82) is 0 Å². The van der Waals surface area contributed by atoms with E-state index < -0.39 is 0 Å². The number of rotatable bonds is 9. The minimum atomic E-state index is 1.06. The SMILES string of the molecule is CCn1cc[n+](CCCCCCn2cc[n+](CC)c2)c1. The van der Waals surface area contributed by atoms with Crippen molar-refractivity contribution in [2.75, 3.05) is 0 Å². The molecule has 110 valence electrons. The van der Waals surface area contributed by atoms with E-state index in [-0.39, 0.29) is 0 Å². The zero-order valence-corrected chi connectivity index (χ0v) is 12.9. The number of hydrogen-bond acceptors (Lipinski definition) is 0. The first-order valence-electron chi connectivity index (χ1n) is 7.91. The molecule has 0 spiro atoms. The van der Waals surface area contributed by atoms with Crippen LogP contribution in [0.25, 0.3) is 0 Å². The average Bonchev–Trinajstić information content (AvgIpc) is 3.11. The van der Waals surface area contributed by atoms with Gasteiger partial charge in [-0.15, -0.1) is 0 Å². The van der Waals surface area contributed by atoms with Crippen LogP contribution >= 0.6 is 0 Å². The first-order valence-corrected chi connectivity index (χ1v) is 7.91. The van der Waals surface area contributed by atoms with Gasteiger partial charge in [0.05, 0.1) is 26.2 Å². The molecule has 4 heteroatoms. The molecule has 0 saturated heterocycles. The topological polar surface area (TPSA) is 17.6 Å². The van der Waals surface area contributed by atoms with Crippen LogP contribution < -0.4 is 9.13 Å². The van der Waals surface area contributed by atoms with Crippen molar-refractivity contribution >= 4 is 0 Å². The van der Waals surface area contributed by atoms with E-state index in [0.717, 1.165) is 26.2 Å². The Morgan fingerprint density at radius 2 is 1.50 bits per heavy atom. The summed E-state index contributed by atoms with van der Waals surface area (Å²) in [7, 11) is 0. The minimum absolute atomic E-state index is 1.06. The molecule has 0 N–H and O–H groups in total. The Balaban J connectivity index is 1.55. The molecule has 0 saturated carbocycles. The molecule has 0 unspecified atom stereocenters. The van der Waals surface area contributed by atoms with Crippen LogP contribution in [0, 0.1) is 0 Å². The maximum atomic E-state index is 2.29. The molecule has 0 atom stereocenters. The Morgan fingerprint density at radius 1 is 0.800 bits per heavy atom. The normalized spacial score (nSPS) is 11.1. The Morgan fingerprint density at radius 3 is 2.20 bits per heavy atom. The monoisotopic (exact) mass is 276 g/mol. The van der Waals surface area contributed by atoms with Gasteiger partial charge in [-0.25, -0.2) is 18.3 Å². The van der Waals surface area contributed by atoms with E-state index in [2.05, 4.69) is 69.6 Å². The quantitative estimate of drug-likeness (QED) is 0.493. The zero-order valence-electron chi connectivity index (χ0n) is 12.9. The molecule has 2 rings (SSSR count). The molecular formula is C16H28N4+2. The van der Waals surface area contributed by atoms with Gasteiger partial charge in [0.15, 0.2) is 0 Å². The molecule has 0 radical (unpaired) electrons. The van der Waals surface area contributed by atoms with E-state index in [4.69, 9.17) is 0 Å². The first kappa shape index (κ1) is 14.8. The van der Waals surface area contributed by atoms with Crippen LogP contribution in [-0.2, 0) is 26.2 Å². The van der Waals surface area contributed by atoms with Crippen LogP contribution in [0.3, 0.4) is 0 Å². The third-order valence-electron chi connectivity index (χ3n) is 3.81. The second-order valence-electron chi connectivity index (χ2n) is 5.38. The summed E-state index contributed by atoms with van der Waals surface area (Å²) in [5.41, 5.74) is 0. The van der Waals surface area contributed by atoms with Gasteiger partial charge >= 0.3 is 0 Å². The Hall–Kier alpha value is -1.58. The maximum Gasteiger partial charge on any atom is 0.243 e. The first-order chi connectivity index (χ1) is 9.81. The molecule has 0 aliphatic carbocycles. The average molecular weight is 276 g/mol. The largest absolute Gasteiger partial charge is 0.243 e. The highest BCUT2D eigenvalue weighted by Crippen LogP contribution is 2.02. The van der Waals surface area contributed by atoms with Gasteiger partial charge in [-0.1, -0.05) is 0 Å². The van der Waals surface area contributed by atoms with Crippen LogP contribution in [0.5, 0.6) is 0 Å². The number of unbranched alkanes of at least 4 members (excludes halogenated alkanes) is 3. The third kappa shape index (κ3) is 4.51. The molecule has 0 aliphatic rings. The number of hydrogen-bond donors (Lipinski definition) is 0. The lowest BCUT2D eigenvalue weighted by atomic mass is 10.2. The van der Waals surface area contributed by atoms with Gasteiger partial charge in [0.1, 0.15) is 24.8 Å². The zero-order chi connectivity index (χ0) is 14.2. The number of nitrogens with zero attached hydrogens (tertiary/aromatic N) is 4. The Labute approximate surface area is 122 Å². The summed E-state index contributed by atoms with van der Waals surface area (Å²) in [4.78, 5) is 0. The summed E-state index contributed by atoms with van der Waals surface area (Å²) in [6.45, 7) is 8.75. The van der Waals surface area contributed by atoms with Crippen molar-refractivity contribution < 1.29 is 9.13 Å². The summed E-state index contributed by atoms with van der Waals surface area (Å²) in [6, 6.07) is 0. The van der Waals surface area contributed by atoms with Crippen molar-refractivity contribution in [2.24, 2.45) is 0 Å². The van der Waals surface area contributed by atoms with Crippen molar-refractivity contribution in [3.8, 4) is 0 Å².